The molecular formula is C27H34N4O4. The first-order chi connectivity index (χ1) is 16.5. The van der Waals surface area contributed by atoms with Crippen LogP contribution in [0.2, 0.25) is 0 Å². The summed E-state index contributed by atoms with van der Waals surface area (Å²) in [4.78, 5) is 27.3. The average Bonchev–Trinajstić information content (AvgIpc) is 3.30. The van der Waals surface area contributed by atoms with Gasteiger partial charge in [0.15, 0.2) is 0 Å². The number of carboxylic acids is 1. The predicted molar refractivity (Wildman–Crippen MR) is 135 cm³/mol. The second kappa shape index (κ2) is 11.2. The van der Waals surface area contributed by atoms with Crippen molar-refractivity contribution in [3.63, 3.8) is 0 Å². The van der Waals surface area contributed by atoms with Gasteiger partial charge in [-0.2, -0.15) is 4.98 Å². The van der Waals surface area contributed by atoms with Gasteiger partial charge in [0, 0.05) is 28.8 Å². The molecule has 0 saturated heterocycles. The monoisotopic (exact) mass is 478 g/mol. The van der Waals surface area contributed by atoms with Gasteiger partial charge in [0.25, 0.3) is 5.91 Å². The van der Waals surface area contributed by atoms with Crippen molar-refractivity contribution in [2.75, 3.05) is 11.9 Å². The zero-order valence-corrected chi connectivity index (χ0v) is 21.0. The first-order valence-electron chi connectivity index (χ1n) is 11.8. The molecule has 3 aromatic rings. The summed E-state index contributed by atoms with van der Waals surface area (Å²) in [5, 5.41) is 19.0. The van der Waals surface area contributed by atoms with Crippen molar-refractivity contribution in [2.24, 2.45) is 5.92 Å². The minimum atomic E-state index is -0.943. The van der Waals surface area contributed by atoms with Gasteiger partial charge in [-0.3, -0.25) is 9.59 Å². The van der Waals surface area contributed by atoms with Crippen LogP contribution in [-0.2, 0) is 10.2 Å². The molecule has 0 saturated carbocycles. The average molecular weight is 479 g/mol. The highest BCUT2D eigenvalue weighted by Crippen LogP contribution is 2.29. The first-order valence-corrected chi connectivity index (χ1v) is 11.8. The van der Waals surface area contributed by atoms with Crippen molar-refractivity contribution < 1.29 is 19.2 Å². The number of anilines is 1. The molecule has 0 aliphatic rings. The molecule has 1 heterocycles. The number of carbonyl (C=O) groups is 2. The van der Waals surface area contributed by atoms with Crippen molar-refractivity contribution in [3.05, 3.63) is 65.5 Å². The number of aromatic nitrogens is 2. The van der Waals surface area contributed by atoms with E-state index in [1.165, 1.54) is 0 Å². The maximum Gasteiger partial charge on any atom is 0.305 e. The fourth-order valence-corrected chi connectivity index (χ4v) is 3.56. The van der Waals surface area contributed by atoms with Crippen LogP contribution in [0.3, 0.4) is 0 Å². The number of aliphatic carboxylic acids is 1. The van der Waals surface area contributed by atoms with Gasteiger partial charge in [-0.05, 0) is 42.2 Å². The third kappa shape index (κ3) is 7.40. The number of hydrogen-bond acceptors (Lipinski definition) is 6. The van der Waals surface area contributed by atoms with Crippen molar-refractivity contribution in [3.8, 4) is 11.4 Å². The third-order valence-electron chi connectivity index (χ3n) is 5.46. The molecule has 0 fully saturated rings. The molecule has 0 aliphatic heterocycles. The van der Waals surface area contributed by atoms with Gasteiger partial charge in [-0.25, -0.2) is 0 Å². The molecule has 0 spiro atoms. The van der Waals surface area contributed by atoms with E-state index < -0.39 is 5.97 Å². The molecule has 0 bridgehead atoms. The fraction of sp³-hybridized carbons (Fsp3) is 0.407. The van der Waals surface area contributed by atoms with Gasteiger partial charge in [-0.15, -0.1) is 0 Å². The molecule has 8 heteroatoms. The zero-order chi connectivity index (χ0) is 25.6. The Labute approximate surface area is 206 Å². The van der Waals surface area contributed by atoms with Crippen LogP contribution in [0, 0.1) is 5.92 Å². The molecule has 1 aromatic heterocycles. The Hall–Kier alpha value is -3.68. The number of nitrogens with zero attached hydrogens (tertiary/aromatic N) is 2. The lowest BCUT2D eigenvalue weighted by Gasteiger charge is -2.23. The van der Waals surface area contributed by atoms with Crippen LogP contribution < -0.4 is 10.6 Å². The molecule has 2 aromatic carbocycles. The van der Waals surface area contributed by atoms with Crippen LogP contribution in [0.25, 0.3) is 11.4 Å². The molecule has 1 atom stereocenters. The highest BCUT2D eigenvalue weighted by Gasteiger charge is 2.22. The normalized spacial score (nSPS) is 12.4. The SMILES string of the molecule is CC(C)CC(Nc1ccc(C(=O)NCCC(=O)O)cc1)c1ccc(-c2noc(C(C)(C)C)n2)cc1. The molecular weight excluding hydrogens is 444 g/mol. The standard InChI is InChI=1S/C27H34N4O4/c1-17(2)16-22(29-21-12-10-20(11-13-21)25(34)28-15-14-23(32)33)18-6-8-19(9-7-18)24-30-26(35-31-24)27(3,4)5/h6-13,17,22,29H,14-16H2,1-5H3,(H,28,34)(H,32,33). The van der Waals surface area contributed by atoms with Gasteiger partial charge in [0.2, 0.25) is 11.7 Å². The number of amides is 1. The quantitative estimate of drug-likeness (QED) is 0.355. The van der Waals surface area contributed by atoms with Gasteiger partial charge in [-0.1, -0.05) is 64.0 Å². The van der Waals surface area contributed by atoms with Crippen molar-refractivity contribution in [1.82, 2.24) is 15.5 Å². The number of rotatable bonds is 10. The van der Waals surface area contributed by atoms with Gasteiger partial charge in [0.05, 0.1) is 12.5 Å². The van der Waals surface area contributed by atoms with Crippen LogP contribution in [-0.4, -0.2) is 33.7 Å². The summed E-state index contributed by atoms with van der Waals surface area (Å²) in [6.45, 7) is 10.6. The largest absolute Gasteiger partial charge is 0.481 e. The van der Waals surface area contributed by atoms with Crippen LogP contribution in [0.1, 0.15) is 75.3 Å². The maximum atomic E-state index is 12.2. The predicted octanol–water partition coefficient (Wildman–Crippen LogP) is 5.44. The van der Waals surface area contributed by atoms with E-state index in [4.69, 9.17) is 9.63 Å². The van der Waals surface area contributed by atoms with Crippen molar-refractivity contribution in [2.45, 2.75) is 58.9 Å². The first kappa shape index (κ1) is 25.9. The van der Waals surface area contributed by atoms with Gasteiger partial charge >= 0.3 is 5.97 Å². The fourth-order valence-electron chi connectivity index (χ4n) is 3.56. The summed E-state index contributed by atoms with van der Waals surface area (Å²) in [5.74, 6) is 0.421. The highest BCUT2D eigenvalue weighted by atomic mass is 16.5. The Kier molecular flexibility index (Phi) is 8.27. The summed E-state index contributed by atoms with van der Waals surface area (Å²) >= 11 is 0. The number of hydrogen-bond donors (Lipinski definition) is 3. The van der Waals surface area contributed by atoms with Crippen LogP contribution in [0.4, 0.5) is 5.69 Å². The van der Waals surface area contributed by atoms with Crippen LogP contribution in [0.15, 0.2) is 53.1 Å². The van der Waals surface area contributed by atoms with E-state index in [9.17, 15) is 9.59 Å². The molecule has 3 N–H and O–H groups in total. The number of carboxylic acid groups (broad SMARTS) is 1. The molecule has 3 rings (SSSR count). The Balaban J connectivity index is 1.70. The smallest absolute Gasteiger partial charge is 0.305 e. The highest BCUT2D eigenvalue weighted by molar-refractivity contribution is 5.94. The molecule has 35 heavy (non-hydrogen) atoms. The summed E-state index contributed by atoms with van der Waals surface area (Å²) in [5.41, 5.74) is 3.22. The number of carbonyl (C=O) groups excluding carboxylic acids is 1. The lowest BCUT2D eigenvalue weighted by atomic mass is 9.95. The van der Waals surface area contributed by atoms with Crippen LogP contribution >= 0.6 is 0 Å². The van der Waals surface area contributed by atoms with Crippen molar-refractivity contribution >= 4 is 17.6 Å². The Morgan fingerprint density at radius 3 is 2.23 bits per heavy atom. The van der Waals surface area contributed by atoms with E-state index in [0.717, 1.165) is 23.2 Å². The van der Waals surface area contributed by atoms with E-state index >= 15 is 0 Å². The van der Waals surface area contributed by atoms with E-state index in [0.29, 0.717) is 23.2 Å². The van der Waals surface area contributed by atoms with E-state index in [2.05, 4.69) is 46.8 Å². The summed E-state index contributed by atoms with van der Waals surface area (Å²) < 4.78 is 5.42. The molecule has 0 aliphatic carbocycles. The lowest BCUT2D eigenvalue weighted by molar-refractivity contribution is -0.136. The molecule has 186 valence electrons. The topological polar surface area (TPSA) is 117 Å². The Morgan fingerprint density at radius 1 is 1.03 bits per heavy atom. The molecule has 1 amide bonds. The molecule has 0 radical (unpaired) electrons. The lowest BCUT2D eigenvalue weighted by Crippen LogP contribution is -2.25. The third-order valence-corrected chi connectivity index (χ3v) is 5.46. The maximum absolute atomic E-state index is 12.2. The number of benzene rings is 2. The van der Waals surface area contributed by atoms with E-state index in [1.54, 1.807) is 12.1 Å². The summed E-state index contributed by atoms with van der Waals surface area (Å²) in [7, 11) is 0. The second-order valence-electron chi connectivity index (χ2n) is 10.1. The molecule has 8 nitrogen and oxygen atoms in total. The Morgan fingerprint density at radius 2 is 1.69 bits per heavy atom. The van der Waals surface area contributed by atoms with Crippen LogP contribution in [0.5, 0.6) is 0 Å². The minimum Gasteiger partial charge on any atom is -0.481 e. The molecule has 1 unspecified atom stereocenters. The van der Waals surface area contributed by atoms with E-state index in [-0.39, 0.29) is 30.3 Å². The second-order valence-corrected chi connectivity index (χ2v) is 10.1. The summed E-state index contributed by atoms with van der Waals surface area (Å²) in [6.07, 6.45) is 0.818. The minimum absolute atomic E-state index is 0.0784. The van der Waals surface area contributed by atoms with Gasteiger partial charge in [0.1, 0.15) is 0 Å². The van der Waals surface area contributed by atoms with Gasteiger partial charge < -0.3 is 20.3 Å². The Bertz CT molecular complexity index is 1130. The number of nitrogens with one attached hydrogen (secondary N) is 2. The van der Waals surface area contributed by atoms with E-state index in [1.807, 2.05) is 45.0 Å². The zero-order valence-electron chi connectivity index (χ0n) is 21.0. The van der Waals surface area contributed by atoms with Crippen molar-refractivity contribution in [1.29, 1.82) is 0 Å². The summed E-state index contributed by atoms with van der Waals surface area (Å²) in [6, 6.07) is 15.4.